The van der Waals surface area contributed by atoms with E-state index in [1.54, 1.807) is 32.0 Å². The van der Waals surface area contributed by atoms with E-state index in [0.717, 1.165) is 0 Å². The SMILES string of the molecule is CCS(=O)(=O)N1CCC[C@H](C(=O)Nc2cccc(C(N)=O)c2C)C1. The molecule has 8 heteroatoms. The van der Waals surface area contributed by atoms with Crippen LogP contribution in [0.3, 0.4) is 0 Å². The lowest BCUT2D eigenvalue weighted by Gasteiger charge is -2.31. The number of sulfonamides is 1. The molecule has 0 spiro atoms. The van der Waals surface area contributed by atoms with E-state index >= 15 is 0 Å². The van der Waals surface area contributed by atoms with Gasteiger partial charge in [0, 0.05) is 24.3 Å². The summed E-state index contributed by atoms with van der Waals surface area (Å²) < 4.78 is 25.4. The van der Waals surface area contributed by atoms with Crippen molar-refractivity contribution in [2.45, 2.75) is 26.7 Å². The molecule has 1 heterocycles. The summed E-state index contributed by atoms with van der Waals surface area (Å²) in [4.78, 5) is 23.9. The standard InChI is InChI=1S/C16H23N3O4S/c1-3-24(22,23)19-9-5-6-12(10-19)16(21)18-14-8-4-7-13(11(14)2)15(17)20/h4,7-8,12H,3,5-6,9-10H2,1-2H3,(H2,17,20)(H,18,21)/t12-/m0/s1. The molecule has 1 aromatic rings. The highest BCUT2D eigenvalue weighted by Crippen LogP contribution is 2.23. The van der Waals surface area contributed by atoms with Crippen LogP contribution in [-0.4, -0.2) is 43.4 Å². The first kappa shape index (κ1) is 18.4. The van der Waals surface area contributed by atoms with E-state index < -0.39 is 21.8 Å². The monoisotopic (exact) mass is 353 g/mol. The Bertz CT molecular complexity index is 746. The lowest BCUT2D eigenvalue weighted by atomic mass is 9.98. The molecule has 1 saturated heterocycles. The number of amides is 2. The number of primary amides is 1. The molecule has 1 aromatic carbocycles. The predicted molar refractivity (Wildman–Crippen MR) is 92.1 cm³/mol. The second-order valence-corrected chi connectivity index (χ2v) is 8.19. The molecule has 2 amide bonds. The number of anilines is 1. The van der Waals surface area contributed by atoms with Gasteiger partial charge in [-0.2, -0.15) is 0 Å². The fraction of sp³-hybridized carbons (Fsp3) is 0.500. The Balaban J connectivity index is 2.13. The Morgan fingerprint density at radius 3 is 2.71 bits per heavy atom. The van der Waals surface area contributed by atoms with Gasteiger partial charge in [-0.05, 0) is 44.4 Å². The fourth-order valence-electron chi connectivity index (χ4n) is 2.86. The molecule has 1 fully saturated rings. The highest BCUT2D eigenvalue weighted by atomic mass is 32.2. The predicted octanol–water partition coefficient (Wildman–Crippen LogP) is 1.09. The topological polar surface area (TPSA) is 110 Å². The van der Waals surface area contributed by atoms with Crippen LogP contribution < -0.4 is 11.1 Å². The Labute approximate surface area is 142 Å². The molecule has 1 aliphatic heterocycles. The highest BCUT2D eigenvalue weighted by Gasteiger charge is 2.31. The summed E-state index contributed by atoms with van der Waals surface area (Å²) in [5, 5.41) is 2.80. The van der Waals surface area contributed by atoms with E-state index in [-0.39, 0.29) is 18.2 Å². The molecule has 0 unspecified atom stereocenters. The number of piperidine rings is 1. The average Bonchev–Trinajstić information content (AvgIpc) is 2.56. The van der Waals surface area contributed by atoms with Gasteiger partial charge in [-0.15, -0.1) is 0 Å². The van der Waals surface area contributed by atoms with Gasteiger partial charge < -0.3 is 11.1 Å². The van der Waals surface area contributed by atoms with Gasteiger partial charge >= 0.3 is 0 Å². The van der Waals surface area contributed by atoms with Crippen LogP contribution in [0, 0.1) is 12.8 Å². The van der Waals surface area contributed by atoms with Gasteiger partial charge in [0.05, 0.1) is 11.7 Å². The molecule has 24 heavy (non-hydrogen) atoms. The van der Waals surface area contributed by atoms with Crippen LogP contribution in [0.4, 0.5) is 5.69 Å². The zero-order valence-electron chi connectivity index (χ0n) is 13.9. The molecule has 0 saturated carbocycles. The second-order valence-electron chi connectivity index (χ2n) is 5.93. The molecule has 132 valence electrons. The van der Waals surface area contributed by atoms with Crippen molar-refractivity contribution < 1.29 is 18.0 Å². The van der Waals surface area contributed by atoms with Crippen molar-refractivity contribution in [3.63, 3.8) is 0 Å². The van der Waals surface area contributed by atoms with Gasteiger partial charge in [0.15, 0.2) is 0 Å². The van der Waals surface area contributed by atoms with Crippen LogP contribution in [0.15, 0.2) is 18.2 Å². The second kappa shape index (κ2) is 7.31. The minimum Gasteiger partial charge on any atom is -0.366 e. The smallest absolute Gasteiger partial charge is 0.249 e. The van der Waals surface area contributed by atoms with Crippen molar-refractivity contribution in [2.24, 2.45) is 11.7 Å². The highest BCUT2D eigenvalue weighted by molar-refractivity contribution is 7.89. The molecule has 0 radical (unpaired) electrons. The Kier molecular flexibility index (Phi) is 5.61. The zero-order chi connectivity index (χ0) is 17.9. The van der Waals surface area contributed by atoms with Crippen molar-refractivity contribution in [1.82, 2.24) is 4.31 Å². The van der Waals surface area contributed by atoms with E-state index in [1.807, 2.05) is 0 Å². The largest absolute Gasteiger partial charge is 0.366 e. The number of hydrogen-bond acceptors (Lipinski definition) is 4. The number of benzene rings is 1. The third-order valence-corrected chi connectivity index (χ3v) is 6.22. The summed E-state index contributed by atoms with van der Waals surface area (Å²) in [5.41, 5.74) is 6.79. The summed E-state index contributed by atoms with van der Waals surface area (Å²) in [5.74, 6) is -1.17. The summed E-state index contributed by atoms with van der Waals surface area (Å²) in [6, 6.07) is 4.95. The quantitative estimate of drug-likeness (QED) is 0.826. The molecule has 0 aliphatic carbocycles. The van der Waals surface area contributed by atoms with Gasteiger partial charge in [-0.3, -0.25) is 9.59 Å². The van der Waals surface area contributed by atoms with Crippen molar-refractivity contribution in [1.29, 1.82) is 0 Å². The maximum Gasteiger partial charge on any atom is 0.249 e. The molecule has 1 atom stereocenters. The van der Waals surface area contributed by atoms with E-state index in [2.05, 4.69) is 5.32 Å². The van der Waals surface area contributed by atoms with E-state index in [0.29, 0.717) is 36.2 Å². The summed E-state index contributed by atoms with van der Waals surface area (Å²) in [7, 11) is -3.29. The molecule has 3 N–H and O–H groups in total. The van der Waals surface area contributed by atoms with Crippen molar-refractivity contribution >= 4 is 27.5 Å². The van der Waals surface area contributed by atoms with Crippen molar-refractivity contribution in [3.8, 4) is 0 Å². The third-order valence-electron chi connectivity index (χ3n) is 4.37. The van der Waals surface area contributed by atoms with Crippen LogP contribution in [0.5, 0.6) is 0 Å². The third kappa shape index (κ3) is 3.93. The number of nitrogens with zero attached hydrogens (tertiary/aromatic N) is 1. The number of nitrogens with one attached hydrogen (secondary N) is 1. The zero-order valence-corrected chi connectivity index (χ0v) is 14.7. The van der Waals surface area contributed by atoms with Gasteiger partial charge in [0.25, 0.3) is 0 Å². The first-order valence-corrected chi connectivity index (χ1v) is 9.55. The number of hydrogen-bond donors (Lipinski definition) is 2. The molecule has 1 aliphatic rings. The van der Waals surface area contributed by atoms with Crippen LogP contribution in [0.25, 0.3) is 0 Å². The van der Waals surface area contributed by atoms with Crippen LogP contribution in [0.2, 0.25) is 0 Å². The van der Waals surface area contributed by atoms with Crippen LogP contribution >= 0.6 is 0 Å². The minimum atomic E-state index is -3.29. The van der Waals surface area contributed by atoms with Crippen molar-refractivity contribution in [2.75, 3.05) is 24.2 Å². The van der Waals surface area contributed by atoms with Gasteiger partial charge in [0.2, 0.25) is 21.8 Å². The summed E-state index contributed by atoms with van der Waals surface area (Å²) >= 11 is 0. The van der Waals surface area contributed by atoms with Crippen LogP contribution in [-0.2, 0) is 14.8 Å². The average molecular weight is 353 g/mol. The molecule has 2 rings (SSSR count). The Morgan fingerprint density at radius 1 is 1.38 bits per heavy atom. The molecule has 7 nitrogen and oxygen atoms in total. The van der Waals surface area contributed by atoms with Gasteiger partial charge in [-0.25, -0.2) is 12.7 Å². The molecular weight excluding hydrogens is 330 g/mol. The first-order valence-electron chi connectivity index (χ1n) is 7.94. The molecular formula is C16H23N3O4S. The fourth-order valence-corrected chi connectivity index (χ4v) is 4.04. The number of nitrogens with two attached hydrogens (primary N) is 1. The Morgan fingerprint density at radius 2 is 2.08 bits per heavy atom. The lowest BCUT2D eigenvalue weighted by Crippen LogP contribution is -2.44. The summed E-state index contributed by atoms with van der Waals surface area (Å²) in [6.07, 6.45) is 1.29. The summed E-state index contributed by atoms with van der Waals surface area (Å²) in [6.45, 7) is 3.95. The van der Waals surface area contributed by atoms with Gasteiger partial charge in [-0.1, -0.05) is 6.07 Å². The number of carbonyl (C=O) groups excluding carboxylic acids is 2. The van der Waals surface area contributed by atoms with E-state index in [4.69, 9.17) is 5.73 Å². The minimum absolute atomic E-state index is 0.0289. The lowest BCUT2D eigenvalue weighted by molar-refractivity contribution is -0.120. The first-order chi connectivity index (χ1) is 11.3. The van der Waals surface area contributed by atoms with Gasteiger partial charge in [0.1, 0.15) is 0 Å². The number of carbonyl (C=O) groups is 2. The van der Waals surface area contributed by atoms with Crippen molar-refractivity contribution in [3.05, 3.63) is 29.3 Å². The van der Waals surface area contributed by atoms with E-state index in [1.165, 1.54) is 4.31 Å². The number of rotatable bonds is 5. The van der Waals surface area contributed by atoms with E-state index in [9.17, 15) is 18.0 Å². The van der Waals surface area contributed by atoms with Crippen LogP contribution in [0.1, 0.15) is 35.7 Å². The molecule has 0 bridgehead atoms. The maximum absolute atomic E-state index is 12.5. The molecule has 0 aromatic heterocycles. The normalized spacial score (nSPS) is 19.0. The Hall–Kier alpha value is -1.93. The maximum atomic E-state index is 12.5.